The third-order valence-corrected chi connectivity index (χ3v) is 13.7. The fourth-order valence-electron chi connectivity index (χ4n) is 7.83. The number of methoxy groups -OCH3 is 2. The number of thiazole rings is 1. The highest BCUT2D eigenvalue weighted by Gasteiger charge is 2.49. The van der Waals surface area contributed by atoms with Crippen LogP contribution < -0.4 is 19.1 Å². The molecule has 0 radical (unpaired) electrons. The van der Waals surface area contributed by atoms with Gasteiger partial charge in [0.15, 0.2) is 11.4 Å². The van der Waals surface area contributed by atoms with Crippen molar-refractivity contribution in [3.8, 4) is 22.8 Å². The average Bonchev–Trinajstić information content (AvgIpc) is 4.01. The average molecular weight is 897 g/mol. The molecule has 4 heterocycles. The number of aliphatic hydroxyl groups excluding tert-OH is 1. The van der Waals surface area contributed by atoms with Crippen molar-refractivity contribution in [3.63, 3.8) is 0 Å². The number of carbonyl (C=O) groups excluding carboxylic acids is 1. The van der Waals surface area contributed by atoms with E-state index in [9.17, 15) is 18.3 Å². The molecule has 5 aromatic rings. The number of amides is 1. The number of β-amino-alcohol motifs (C(OH)–C–C–N with tert-alkyl or cyclic N) is 1. The minimum absolute atomic E-state index is 0.0000953. The van der Waals surface area contributed by atoms with Crippen molar-refractivity contribution in [2.24, 2.45) is 0 Å². The number of likely N-dealkylation sites (tertiary alicyclic amines) is 1. The summed E-state index contributed by atoms with van der Waals surface area (Å²) in [5, 5.41) is 20.5. The Morgan fingerprint density at radius 2 is 1.89 bits per heavy atom. The monoisotopic (exact) mass is 896 g/mol. The van der Waals surface area contributed by atoms with Crippen molar-refractivity contribution in [2.45, 2.75) is 87.8 Å². The Morgan fingerprint density at radius 3 is 2.56 bits per heavy atom. The fraction of sp³-hybridized carbons (Fsp3) is 0.419. The van der Waals surface area contributed by atoms with Crippen LogP contribution in [0.25, 0.3) is 11.3 Å². The molecule has 326 valence electrons. The third kappa shape index (κ3) is 9.75. The normalized spacial score (nSPS) is 19.4. The molecule has 0 saturated carbocycles. The topological polar surface area (TPSA) is 158 Å². The van der Waals surface area contributed by atoms with Gasteiger partial charge in [0.2, 0.25) is 0 Å². The molecule has 2 aromatic heterocycles. The van der Waals surface area contributed by atoms with Crippen molar-refractivity contribution in [1.82, 2.24) is 19.7 Å². The van der Waals surface area contributed by atoms with Crippen molar-refractivity contribution in [2.75, 3.05) is 43.5 Å². The van der Waals surface area contributed by atoms with E-state index in [1.165, 1.54) is 25.3 Å². The van der Waals surface area contributed by atoms with Gasteiger partial charge in [-0.3, -0.25) is 4.90 Å². The first-order valence-electron chi connectivity index (χ1n) is 19.9. The van der Waals surface area contributed by atoms with Gasteiger partial charge in [0.25, 0.3) is 10.0 Å². The summed E-state index contributed by atoms with van der Waals surface area (Å²) >= 11 is 7.86. The quantitative estimate of drug-likeness (QED) is 0.111. The maximum Gasteiger partial charge on any atom is 0.410 e. The fourth-order valence-corrected chi connectivity index (χ4v) is 10.5. The van der Waals surface area contributed by atoms with E-state index in [1.54, 1.807) is 50.5 Å². The summed E-state index contributed by atoms with van der Waals surface area (Å²) in [6.07, 6.45) is 4.98. The van der Waals surface area contributed by atoms with Crippen LogP contribution in [0.3, 0.4) is 0 Å². The summed E-state index contributed by atoms with van der Waals surface area (Å²) < 4.78 is 70.5. The molecule has 61 heavy (non-hydrogen) atoms. The highest BCUT2D eigenvalue weighted by molar-refractivity contribution is 7.93. The number of aliphatic hydroxyl groups is 1. The van der Waals surface area contributed by atoms with Gasteiger partial charge in [-0.05, 0) is 87.9 Å². The highest BCUT2D eigenvalue weighted by Crippen LogP contribution is 2.39. The number of nitrogens with one attached hydrogen (secondary N) is 1. The molecule has 2 N–H and O–H groups in total. The van der Waals surface area contributed by atoms with E-state index in [-0.39, 0.29) is 54.5 Å². The largest absolute Gasteiger partial charge is 0.497 e. The number of aromatic nitrogens is 3. The molecule has 0 bridgehead atoms. The van der Waals surface area contributed by atoms with Crippen molar-refractivity contribution in [3.05, 3.63) is 100 Å². The van der Waals surface area contributed by atoms with Gasteiger partial charge in [0, 0.05) is 49.0 Å². The Kier molecular flexibility index (Phi) is 13.2. The number of sulfonamides is 1. The van der Waals surface area contributed by atoms with Gasteiger partial charge in [-0.25, -0.2) is 31.6 Å². The Morgan fingerprint density at radius 1 is 1.10 bits per heavy atom. The lowest BCUT2D eigenvalue weighted by molar-refractivity contribution is -0.0383. The lowest BCUT2D eigenvalue weighted by Crippen LogP contribution is -2.54. The number of hydrogen-bond donors (Lipinski definition) is 2. The molecular weight excluding hydrogens is 847 g/mol. The second kappa shape index (κ2) is 18.2. The van der Waals surface area contributed by atoms with Crippen LogP contribution in [0.2, 0.25) is 5.02 Å². The predicted molar refractivity (Wildman–Crippen MR) is 231 cm³/mol. The van der Waals surface area contributed by atoms with Gasteiger partial charge >= 0.3 is 6.09 Å². The van der Waals surface area contributed by atoms with Crippen LogP contribution in [-0.2, 0) is 32.5 Å². The lowest BCUT2D eigenvalue weighted by Gasteiger charge is -2.39. The molecule has 18 heteroatoms. The molecule has 2 aliphatic heterocycles. The molecule has 2 fully saturated rings. The van der Waals surface area contributed by atoms with Crippen LogP contribution in [0, 0.1) is 5.82 Å². The number of carbonyl (C=O) groups is 1. The molecule has 0 spiro atoms. The van der Waals surface area contributed by atoms with Crippen LogP contribution in [0.4, 0.5) is 20.0 Å². The van der Waals surface area contributed by atoms with Gasteiger partial charge in [0.05, 0.1) is 55.4 Å². The van der Waals surface area contributed by atoms with E-state index in [1.807, 2.05) is 35.0 Å². The minimum Gasteiger partial charge on any atom is -0.497 e. The first kappa shape index (κ1) is 44.1. The predicted octanol–water partition coefficient (Wildman–Crippen LogP) is 8.31. The molecule has 1 unspecified atom stereocenters. The Bertz CT molecular complexity index is 2420. The second-order valence-corrected chi connectivity index (χ2v) is 19.3. The first-order valence-corrected chi connectivity index (χ1v) is 22.6. The molecule has 0 aliphatic carbocycles. The van der Waals surface area contributed by atoms with E-state index in [0.717, 1.165) is 63.9 Å². The summed E-state index contributed by atoms with van der Waals surface area (Å²) in [7, 11) is -1.64. The van der Waals surface area contributed by atoms with Crippen LogP contribution in [0.15, 0.2) is 83.3 Å². The molecule has 14 nitrogen and oxygen atoms in total. The SMILES string of the molecule is COc1ccc(CN(c2nccs2)S(=O)(=O)c2cc(Cl)c(NC[C@]3(Cc4ccc(-c5ccnn5C5CCCCO5)cc4)C[C@H](O)CN3C(=O)OC(C)(C)C)cc2F)c(OC)c1. The number of benzene rings is 3. The molecule has 2 aliphatic rings. The zero-order chi connectivity index (χ0) is 43.5. The zero-order valence-electron chi connectivity index (χ0n) is 34.6. The van der Waals surface area contributed by atoms with Gasteiger partial charge in [-0.15, -0.1) is 11.3 Å². The van der Waals surface area contributed by atoms with Crippen LogP contribution >= 0.6 is 22.9 Å². The Hall–Kier alpha value is -4.94. The smallest absolute Gasteiger partial charge is 0.410 e. The van der Waals surface area contributed by atoms with Gasteiger partial charge in [0.1, 0.15) is 27.8 Å². The maximum atomic E-state index is 16.3. The van der Waals surface area contributed by atoms with E-state index in [0.29, 0.717) is 23.7 Å². The Labute approximate surface area is 364 Å². The summed E-state index contributed by atoms with van der Waals surface area (Å²) in [6.45, 7) is 5.75. The summed E-state index contributed by atoms with van der Waals surface area (Å²) in [4.78, 5) is 18.9. The van der Waals surface area contributed by atoms with E-state index in [2.05, 4.69) is 15.4 Å². The van der Waals surface area contributed by atoms with Crippen molar-refractivity contribution in [1.29, 1.82) is 0 Å². The molecule has 2 saturated heterocycles. The Balaban J connectivity index is 1.18. The molecule has 3 aromatic carbocycles. The first-order chi connectivity index (χ1) is 29.1. The van der Waals surface area contributed by atoms with Crippen LogP contribution in [-0.4, -0.2) is 90.4 Å². The number of rotatable bonds is 14. The number of nitrogens with zero attached hydrogens (tertiary/aromatic N) is 5. The number of anilines is 2. The van der Waals surface area contributed by atoms with E-state index >= 15 is 4.39 Å². The van der Waals surface area contributed by atoms with Gasteiger partial charge < -0.3 is 29.4 Å². The number of ether oxygens (including phenoxy) is 4. The zero-order valence-corrected chi connectivity index (χ0v) is 37.0. The van der Waals surface area contributed by atoms with E-state index < -0.39 is 44.1 Å². The van der Waals surface area contributed by atoms with Crippen molar-refractivity contribution < 1.29 is 41.7 Å². The minimum atomic E-state index is -4.60. The van der Waals surface area contributed by atoms with E-state index in [4.69, 9.17) is 30.5 Å². The highest BCUT2D eigenvalue weighted by atomic mass is 35.5. The van der Waals surface area contributed by atoms with Crippen LogP contribution in [0.1, 0.15) is 63.8 Å². The molecule has 3 atom stereocenters. The summed E-state index contributed by atoms with van der Waals surface area (Å²) in [5.41, 5.74) is 1.39. The van der Waals surface area contributed by atoms with Gasteiger partial charge in [-0.2, -0.15) is 5.10 Å². The standard InChI is InChI=1S/C43H50ClFN6O8S2/c1-42(2,3)59-41(53)49-26-31(52)24-43(49,23-28-9-11-29(12-10-28)36-15-16-48-51(36)39-8-6-7-18-58-39)27-47-35-22-34(45)38(21-33(35)44)61(54,55)50(40-46-17-19-60-40)25-30-13-14-32(56-4)20-37(30)57-5/h9-17,19-22,31,39,47,52H,6-8,18,23-27H2,1-5H3/t31-,39?,43-/m0/s1. The second-order valence-electron chi connectivity index (χ2n) is 16.1. The summed E-state index contributed by atoms with van der Waals surface area (Å²) in [6, 6.07) is 16.9. The lowest BCUT2D eigenvalue weighted by atomic mass is 9.87. The third-order valence-electron chi connectivity index (χ3n) is 10.7. The van der Waals surface area contributed by atoms with Gasteiger partial charge in [-0.1, -0.05) is 35.9 Å². The number of hydrogen-bond acceptors (Lipinski definition) is 12. The summed E-state index contributed by atoms with van der Waals surface area (Å²) in [5.74, 6) is -0.183. The van der Waals surface area contributed by atoms with Crippen LogP contribution in [0.5, 0.6) is 11.5 Å². The molecule has 7 rings (SSSR count). The van der Waals surface area contributed by atoms with Crippen molar-refractivity contribution >= 4 is 49.9 Å². The maximum absolute atomic E-state index is 16.3. The molecular formula is C43H50ClFN6O8S2. The molecule has 1 amide bonds. The number of halogens is 2.